The summed E-state index contributed by atoms with van der Waals surface area (Å²) in [5.74, 6) is 1.01. The fourth-order valence-electron chi connectivity index (χ4n) is 3.12. The molecule has 0 aromatic heterocycles. The quantitative estimate of drug-likeness (QED) is 0.711. The van der Waals surface area contributed by atoms with Crippen molar-refractivity contribution in [1.82, 2.24) is 10.2 Å². The minimum atomic E-state index is 0.489. The van der Waals surface area contributed by atoms with Crippen molar-refractivity contribution in [1.29, 1.82) is 0 Å². The van der Waals surface area contributed by atoms with E-state index in [1.165, 1.54) is 50.8 Å². The minimum Gasteiger partial charge on any atom is -0.310 e. The molecule has 0 spiro atoms. The maximum atomic E-state index is 3.66. The van der Waals surface area contributed by atoms with Crippen LogP contribution in [0.5, 0.6) is 0 Å². The van der Waals surface area contributed by atoms with Crippen molar-refractivity contribution >= 4 is 15.9 Å². The van der Waals surface area contributed by atoms with Gasteiger partial charge in [-0.3, -0.25) is 0 Å². The third-order valence-electron chi connectivity index (χ3n) is 4.68. The van der Waals surface area contributed by atoms with Gasteiger partial charge in [-0.1, -0.05) is 35.0 Å². The Balaban J connectivity index is 1.56. The van der Waals surface area contributed by atoms with Crippen LogP contribution in [-0.4, -0.2) is 30.6 Å². The van der Waals surface area contributed by atoms with Crippen LogP contribution >= 0.6 is 15.9 Å². The summed E-state index contributed by atoms with van der Waals surface area (Å²) in [7, 11) is 0. The molecule has 1 atom stereocenters. The Labute approximate surface area is 137 Å². The van der Waals surface area contributed by atoms with Gasteiger partial charge in [0, 0.05) is 29.6 Å². The Kier molecular flexibility index (Phi) is 5.36. The van der Waals surface area contributed by atoms with Crippen LogP contribution in [0.25, 0.3) is 0 Å². The summed E-state index contributed by atoms with van der Waals surface area (Å²) < 4.78 is 1.16. The van der Waals surface area contributed by atoms with E-state index in [2.05, 4.69) is 57.3 Å². The summed E-state index contributed by atoms with van der Waals surface area (Å²) in [6, 6.07) is 10.2. The molecule has 3 heteroatoms. The second-order valence-electron chi connectivity index (χ2n) is 6.62. The normalized spacial score (nSPS) is 20.0. The third kappa shape index (κ3) is 4.80. The van der Waals surface area contributed by atoms with Gasteiger partial charge in [-0.2, -0.15) is 0 Å². The van der Waals surface area contributed by atoms with E-state index in [1.807, 2.05) is 0 Å². The molecule has 2 aliphatic carbocycles. The summed E-state index contributed by atoms with van der Waals surface area (Å²) in [5.41, 5.74) is 1.42. The smallest absolute Gasteiger partial charge is 0.0332 e. The van der Waals surface area contributed by atoms with Crippen molar-refractivity contribution in [3.05, 3.63) is 34.3 Å². The SMILES string of the molecule is CCNC(CCN(CC1CC1)C1CC1)c1ccc(Br)cc1. The van der Waals surface area contributed by atoms with Gasteiger partial charge in [0.1, 0.15) is 0 Å². The van der Waals surface area contributed by atoms with E-state index in [0.29, 0.717) is 6.04 Å². The van der Waals surface area contributed by atoms with Crippen LogP contribution in [0.2, 0.25) is 0 Å². The first-order valence-corrected chi connectivity index (χ1v) is 9.28. The number of rotatable bonds is 9. The van der Waals surface area contributed by atoms with Crippen LogP contribution < -0.4 is 5.32 Å². The lowest BCUT2D eigenvalue weighted by Crippen LogP contribution is -2.32. The molecule has 0 bridgehead atoms. The lowest BCUT2D eigenvalue weighted by atomic mass is 10.0. The first-order chi connectivity index (χ1) is 10.3. The molecule has 1 N–H and O–H groups in total. The number of benzene rings is 1. The van der Waals surface area contributed by atoms with Gasteiger partial charge in [-0.15, -0.1) is 0 Å². The zero-order valence-electron chi connectivity index (χ0n) is 13.0. The Bertz CT molecular complexity index is 437. The average molecular weight is 351 g/mol. The topological polar surface area (TPSA) is 15.3 Å². The molecule has 2 aliphatic rings. The van der Waals surface area contributed by atoms with Crippen LogP contribution in [0.3, 0.4) is 0 Å². The number of hydrogen-bond donors (Lipinski definition) is 1. The molecule has 21 heavy (non-hydrogen) atoms. The molecule has 1 unspecified atom stereocenters. The van der Waals surface area contributed by atoms with Gasteiger partial charge in [0.25, 0.3) is 0 Å². The highest BCUT2D eigenvalue weighted by molar-refractivity contribution is 9.10. The predicted octanol–water partition coefficient (Wildman–Crippen LogP) is 4.36. The van der Waals surface area contributed by atoms with Crippen LogP contribution in [-0.2, 0) is 0 Å². The van der Waals surface area contributed by atoms with Crippen LogP contribution in [0.15, 0.2) is 28.7 Å². The van der Waals surface area contributed by atoms with E-state index < -0.39 is 0 Å². The Hall–Kier alpha value is -0.380. The monoisotopic (exact) mass is 350 g/mol. The molecule has 0 amide bonds. The van der Waals surface area contributed by atoms with E-state index in [9.17, 15) is 0 Å². The highest BCUT2D eigenvalue weighted by Gasteiger charge is 2.33. The molecular weight excluding hydrogens is 324 g/mol. The largest absolute Gasteiger partial charge is 0.310 e. The molecule has 0 heterocycles. The fourth-order valence-corrected chi connectivity index (χ4v) is 3.38. The number of nitrogens with zero attached hydrogens (tertiary/aromatic N) is 1. The summed E-state index contributed by atoms with van der Waals surface area (Å²) in [6.45, 7) is 5.83. The zero-order valence-corrected chi connectivity index (χ0v) is 14.6. The summed E-state index contributed by atoms with van der Waals surface area (Å²) in [6.07, 6.45) is 7.01. The molecule has 0 saturated heterocycles. The lowest BCUT2D eigenvalue weighted by molar-refractivity contribution is 0.238. The van der Waals surface area contributed by atoms with E-state index in [4.69, 9.17) is 0 Å². The van der Waals surface area contributed by atoms with Crippen molar-refractivity contribution in [2.24, 2.45) is 5.92 Å². The van der Waals surface area contributed by atoms with Gasteiger partial charge >= 0.3 is 0 Å². The summed E-state index contributed by atoms with van der Waals surface area (Å²) in [4.78, 5) is 2.76. The Morgan fingerprint density at radius 2 is 1.90 bits per heavy atom. The lowest BCUT2D eigenvalue weighted by Gasteiger charge is -2.26. The molecule has 2 saturated carbocycles. The van der Waals surface area contributed by atoms with Crippen LogP contribution in [0.1, 0.15) is 50.6 Å². The van der Waals surface area contributed by atoms with E-state index in [-0.39, 0.29) is 0 Å². The summed E-state index contributed by atoms with van der Waals surface area (Å²) >= 11 is 3.53. The standard InChI is InChI=1S/C18H27BrN2/c1-2-20-18(15-5-7-16(19)8-6-15)11-12-21(17-9-10-17)13-14-3-4-14/h5-8,14,17-18,20H,2-4,9-13H2,1H3. The van der Waals surface area contributed by atoms with Crippen molar-refractivity contribution < 1.29 is 0 Å². The fraction of sp³-hybridized carbons (Fsp3) is 0.667. The third-order valence-corrected chi connectivity index (χ3v) is 5.21. The Morgan fingerprint density at radius 3 is 2.48 bits per heavy atom. The van der Waals surface area contributed by atoms with Crippen molar-refractivity contribution in [3.8, 4) is 0 Å². The number of halogens is 1. The highest BCUT2D eigenvalue weighted by Crippen LogP contribution is 2.35. The van der Waals surface area contributed by atoms with Crippen molar-refractivity contribution in [2.75, 3.05) is 19.6 Å². The van der Waals surface area contributed by atoms with E-state index in [0.717, 1.165) is 23.0 Å². The second-order valence-corrected chi connectivity index (χ2v) is 7.54. The highest BCUT2D eigenvalue weighted by atomic mass is 79.9. The Morgan fingerprint density at radius 1 is 1.19 bits per heavy atom. The second kappa shape index (κ2) is 7.26. The van der Waals surface area contributed by atoms with Crippen LogP contribution in [0, 0.1) is 5.92 Å². The van der Waals surface area contributed by atoms with Crippen molar-refractivity contribution in [2.45, 2.75) is 51.1 Å². The summed E-state index contributed by atoms with van der Waals surface area (Å²) in [5, 5.41) is 3.66. The maximum Gasteiger partial charge on any atom is 0.0332 e. The molecule has 1 aromatic rings. The average Bonchev–Trinajstić information content (AvgIpc) is 3.37. The first kappa shape index (κ1) is 15.5. The molecule has 0 aliphatic heterocycles. The van der Waals surface area contributed by atoms with Crippen molar-refractivity contribution in [3.63, 3.8) is 0 Å². The minimum absolute atomic E-state index is 0.489. The molecule has 0 radical (unpaired) electrons. The van der Waals surface area contributed by atoms with Gasteiger partial charge in [-0.25, -0.2) is 0 Å². The molecule has 2 fully saturated rings. The number of nitrogens with one attached hydrogen (secondary N) is 1. The predicted molar refractivity (Wildman–Crippen MR) is 92.5 cm³/mol. The van der Waals surface area contributed by atoms with Gasteiger partial charge in [0.15, 0.2) is 0 Å². The molecule has 1 aromatic carbocycles. The molecular formula is C18H27BrN2. The maximum absolute atomic E-state index is 3.66. The van der Waals surface area contributed by atoms with Gasteiger partial charge in [-0.05, 0) is 62.3 Å². The molecule has 2 nitrogen and oxygen atoms in total. The number of hydrogen-bond acceptors (Lipinski definition) is 2. The van der Waals surface area contributed by atoms with Gasteiger partial charge in [0.05, 0.1) is 0 Å². The van der Waals surface area contributed by atoms with E-state index >= 15 is 0 Å². The molecule has 116 valence electrons. The van der Waals surface area contributed by atoms with E-state index in [1.54, 1.807) is 0 Å². The van der Waals surface area contributed by atoms with Gasteiger partial charge in [0.2, 0.25) is 0 Å². The first-order valence-electron chi connectivity index (χ1n) is 8.49. The van der Waals surface area contributed by atoms with Crippen LogP contribution in [0.4, 0.5) is 0 Å². The molecule has 3 rings (SSSR count). The van der Waals surface area contributed by atoms with Gasteiger partial charge < -0.3 is 10.2 Å². The zero-order chi connectivity index (χ0) is 14.7.